The van der Waals surface area contributed by atoms with Crippen molar-refractivity contribution in [3.05, 3.63) is 93.9 Å². The topological polar surface area (TPSA) is 84.8 Å². The number of hydrogen-bond donors (Lipinski definition) is 1. The van der Waals surface area contributed by atoms with Gasteiger partial charge in [-0.2, -0.15) is 0 Å². The highest BCUT2D eigenvalue weighted by atomic mass is 19.1. The Morgan fingerprint density at radius 1 is 1.00 bits per heavy atom. The zero-order valence-corrected chi connectivity index (χ0v) is 17.0. The highest BCUT2D eigenvalue weighted by Gasteiger charge is 2.21. The molecule has 1 N–H and O–H groups in total. The summed E-state index contributed by atoms with van der Waals surface area (Å²) >= 11 is 0. The largest absolute Gasteiger partial charge is 0.486 e. The van der Waals surface area contributed by atoms with Gasteiger partial charge in [-0.05, 0) is 42.0 Å². The highest BCUT2D eigenvalue weighted by molar-refractivity contribution is 5.91. The zero-order chi connectivity index (χ0) is 22.1. The van der Waals surface area contributed by atoms with E-state index in [1.54, 1.807) is 36.4 Å². The first-order chi connectivity index (χ1) is 15.6. The van der Waals surface area contributed by atoms with Gasteiger partial charge in [0.25, 0.3) is 11.5 Å². The van der Waals surface area contributed by atoms with Gasteiger partial charge in [-0.15, -0.1) is 0 Å². The molecule has 1 amide bonds. The lowest BCUT2D eigenvalue weighted by atomic mass is 10.1. The number of amides is 1. The summed E-state index contributed by atoms with van der Waals surface area (Å²) < 4.78 is 29.8. The molecule has 0 saturated carbocycles. The van der Waals surface area contributed by atoms with E-state index in [0.29, 0.717) is 35.8 Å². The lowest BCUT2D eigenvalue weighted by Gasteiger charge is -2.22. The van der Waals surface area contributed by atoms with Crippen molar-refractivity contribution in [3.8, 4) is 11.5 Å². The Balaban J connectivity index is 1.50. The van der Waals surface area contributed by atoms with E-state index < -0.39 is 0 Å². The molecule has 0 spiro atoms. The van der Waals surface area contributed by atoms with Crippen LogP contribution < -0.4 is 15.0 Å². The third-order valence-corrected chi connectivity index (χ3v) is 5.25. The van der Waals surface area contributed by atoms with E-state index in [1.165, 1.54) is 23.3 Å². The molecular weight excluding hydrogens is 415 g/mol. The number of fused-ring (bicyclic) bond motifs is 2. The van der Waals surface area contributed by atoms with E-state index >= 15 is 0 Å². The number of hydrogen-bond acceptors (Lipinski definition) is 5. The second-order valence-corrected chi connectivity index (χ2v) is 7.47. The van der Waals surface area contributed by atoms with Gasteiger partial charge in [0.15, 0.2) is 17.3 Å². The summed E-state index contributed by atoms with van der Waals surface area (Å²) in [4.78, 5) is 30.2. The first-order valence-corrected chi connectivity index (χ1v) is 10.1. The molecule has 0 atom stereocenters. The van der Waals surface area contributed by atoms with Gasteiger partial charge < -0.3 is 23.8 Å². The number of furan rings is 1. The molecule has 0 saturated heterocycles. The maximum atomic E-state index is 13.3. The van der Waals surface area contributed by atoms with Crippen LogP contribution in [0.25, 0.3) is 10.9 Å². The smallest absolute Gasteiger partial charge is 0.290 e. The number of carbonyl (C=O) groups is 1. The predicted octanol–water partition coefficient (Wildman–Crippen LogP) is 3.87. The average molecular weight is 434 g/mol. The molecular formula is C24H19FN2O5. The number of aromatic nitrogens is 1. The maximum absolute atomic E-state index is 13.3. The number of rotatable bonds is 5. The molecule has 0 fully saturated rings. The van der Waals surface area contributed by atoms with E-state index in [2.05, 4.69) is 4.98 Å². The number of carbonyl (C=O) groups excluding carboxylic acids is 1. The van der Waals surface area contributed by atoms with Gasteiger partial charge in [0.2, 0.25) is 0 Å². The number of aromatic amines is 1. The van der Waals surface area contributed by atoms with Crippen LogP contribution in [0.15, 0.2) is 70.1 Å². The van der Waals surface area contributed by atoms with Crippen molar-refractivity contribution in [2.45, 2.75) is 13.1 Å². The zero-order valence-electron chi connectivity index (χ0n) is 17.0. The quantitative estimate of drug-likeness (QED) is 0.515. The monoisotopic (exact) mass is 434 g/mol. The lowest BCUT2D eigenvalue weighted by Crippen LogP contribution is -2.32. The molecule has 2 aromatic heterocycles. The van der Waals surface area contributed by atoms with E-state index in [1.807, 2.05) is 6.07 Å². The molecule has 0 aliphatic carbocycles. The fraction of sp³-hybridized carbons (Fsp3) is 0.167. The minimum atomic E-state index is -0.374. The second kappa shape index (κ2) is 8.22. The molecule has 1 aliphatic rings. The first kappa shape index (κ1) is 19.9. The number of H-pyrrole nitrogens is 1. The Morgan fingerprint density at radius 3 is 2.47 bits per heavy atom. The van der Waals surface area contributed by atoms with Crippen molar-refractivity contribution in [1.29, 1.82) is 0 Å². The Morgan fingerprint density at radius 2 is 1.75 bits per heavy atom. The Hall–Kier alpha value is -4.07. The summed E-state index contributed by atoms with van der Waals surface area (Å²) in [5.41, 5.74) is 1.43. The third kappa shape index (κ3) is 3.94. The van der Waals surface area contributed by atoms with Crippen molar-refractivity contribution >= 4 is 16.8 Å². The molecule has 3 heterocycles. The van der Waals surface area contributed by atoms with Gasteiger partial charge in [-0.1, -0.05) is 12.1 Å². The van der Waals surface area contributed by atoms with Crippen molar-refractivity contribution in [2.75, 3.05) is 13.2 Å². The number of ether oxygens (including phenoxy) is 2. The molecule has 162 valence electrons. The van der Waals surface area contributed by atoms with Gasteiger partial charge in [0.1, 0.15) is 19.0 Å². The van der Waals surface area contributed by atoms with Gasteiger partial charge in [-0.3, -0.25) is 9.59 Å². The number of pyridine rings is 1. The number of halogens is 1. The van der Waals surface area contributed by atoms with Crippen LogP contribution in [0, 0.1) is 5.82 Å². The van der Waals surface area contributed by atoms with Crippen molar-refractivity contribution in [1.82, 2.24) is 9.88 Å². The first-order valence-electron chi connectivity index (χ1n) is 10.1. The van der Waals surface area contributed by atoms with Crippen LogP contribution in [0.4, 0.5) is 4.39 Å². The molecule has 0 radical (unpaired) electrons. The van der Waals surface area contributed by atoms with Crippen LogP contribution in [0.3, 0.4) is 0 Å². The average Bonchev–Trinajstić information content (AvgIpc) is 3.34. The van der Waals surface area contributed by atoms with Crippen LogP contribution in [0.2, 0.25) is 0 Å². The molecule has 32 heavy (non-hydrogen) atoms. The van der Waals surface area contributed by atoms with E-state index in [9.17, 15) is 14.0 Å². The van der Waals surface area contributed by atoms with Crippen LogP contribution in [-0.4, -0.2) is 29.0 Å². The van der Waals surface area contributed by atoms with Crippen molar-refractivity contribution < 1.29 is 23.1 Å². The summed E-state index contributed by atoms with van der Waals surface area (Å²) in [6.45, 7) is 1.13. The van der Waals surface area contributed by atoms with Gasteiger partial charge in [-0.25, -0.2) is 4.39 Å². The number of nitrogens with one attached hydrogen (secondary N) is 1. The van der Waals surface area contributed by atoms with E-state index in [-0.39, 0.29) is 36.1 Å². The van der Waals surface area contributed by atoms with Crippen LogP contribution in [0.1, 0.15) is 21.7 Å². The molecule has 4 aromatic rings. The number of nitrogens with zero attached hydrogens (tertiary/aromatic N) is 1. The third-order valence-electron chi connectivity index (χ3n) is 5.25. The van der Waals surface area contributed by atoms with E-state index in [4.69, 9.17) is 13.9 Å². The normalized spacial score (nSPS) is 12.7. The Labute approximate surface area is 182 Å². The van der Waals surface area contributed by atoms with Crippen LogP contribution in [-0.2, 0) is 13.1 Å². The molecule has 2 aromatic carbocycles. The summed E-state index contributed by atoms with van der Waals surface area (Å²) in [5.74, 6) is 0.609. The summed E-state index contributed by atoms with van der Waals surface area (Å²) in [5, 5.41) is 0.760. The van der Waals surface area contributed by atoms with Crippen LogP contribution in [0.5, 0.6) is 11.5 Å². The molecule has 5 rings (SSSR count). The summed E-state index contributed by atoms with van der Waals surface area (Å²) in [6, 6.07) is 14.3. The summed E-state index contributed by atoms with van der Waals surface area (Å²) in [6.07, 6.45) is 1.41. The van der Waals surface area contributed by atoms with Gasteiger partial charge >= 0.3 is 0 Å². The predicted molar refractivity (Wildman–Crippen MR) is 114 cm³/mol. The maximum Gasteiger partial charge on any atom is 0.290 e. The highest BCUT2D eigenvalue weighted by Crippen LogP contribution is 2.33. The molecule has 0 unspecified atom stereocenters. The second-order valence-electron chi connectivity index (χ2n) is 7.47. The molecule has 7 nitrogen and oxygen atoms in total. The summed E-state index contributed by atoms with van der Waals surface area (Å²) in [7, 11) is 0. The van der Waals surface area contributed by atoms with Gasteiger partial charge in [0.05, 0.1) is 18.3 Å². The number of benzene rings is 2. The lowest BCUT2D eigenvalue weighted by molar-refractivity contribution is 0.0697. The Kier molecular flexibility index (Phi) is 5.10. The van der Waals surface area contributed by atoms with Crippen molar-refractivity contribution in [3.63, 3.8) is 0 Å². The molecule has 8 heteroatoms. The van der Waals surface area contributed by atoms with Gasteiger partial charge in [0, 0.05) is 23.6 Å². The standard InChI is InChI=1S/C24H19FN2O5/c25-18-5-3-15(4-6-18)13-27(24(29)20-2-1-7-30-20)14-17-10-16-11-21-22(32-9-8-31-21)12-19(16)26-23(17)28/h1-7,10-12H,8-9,13-14H2,(H,26,28). The molecule has 1 aliphatic heterocycles. The fourth-order valence-corrected chi connectivity index (χ4v) is 3.68. The minimum Gasteiger partial charge on any atom is -0.486 e. The molecule has 0 bridgehead atoms. The fourth-order valence-electron chi connectivity index (χ4n) is 3.68. The van der Waals surface area contributed by atoms with E-state index in [0.717, 1.165) is 10.9 Å². The van der Waals surface area contributed by atoms with Crippen LogP contribution >= 0.6 is 0 Å². The SMILES string of the molecule is O=C(c1ccco1)N(Cc1ccc(F)cc1)Cc1cc2cc3c(cc2[nH]c1=O)OCCO3. The van der Waals surface area contributed by atoms with Crippen molar-refractivity contribution in [2.24, 2.45) is 0 Å². The Bertz CT molecular complexity index is 1330. The minimum absolute atomic E-state index is 0.0383.